The number of carbonyl (C=O) groups is 2. The van der Waals surface area contributed by atoms with Crippen LogP contribution in [0.15, 0.2) is 41.8 Å². The van der Waals surface area contributed by atoms with Gasteiger partial charge in [-0.1, -0.05) is 12.1 Å². The molecule has 3 rings (SSSR count). The first kappa shape index (κ1) is 22.5. The van der Waals surface area contributed by atoms with E-state index in [1.807, 2.05) is 0 Å². The number of benzene rings is 1. The van der Waals surface area contributed by atoms with Crippen LogP contribution in [0, 0.1) is 0 Å². The van der Waals surface area contributed by atoms with E-state index in [4.69, 9.17) is 4.74 Å². The number of nitrogens with zero attached hydrogens (tertiary/aromatic N) is 4. The predicted molar refractivity (Wildman–Crippen MR) is 108 cm³/mol. The largest absolute Gasteiger partial charge is 0.450 e. The summed E-state index contributed by atoms with van der Waals surface area (Å²) in [6, 6.07) is 7.99. The van der Waals surface area contributed by atoms with Crippen LogP contribution < -0.4 is 0 Å². The Labute approximate surface area is 180 Å². The number of esters is 1. The molecule has 0 aliphatic carbocycles. The molecule has 1 amide bonds. The number of hydrogen-bond donors (Lipinski definition) is 0. The minimum atomic E-state index is -4.54. The number of alkyl halides is 3. The molecule has 0 aliphatic rings. The van der Waals surface area contributed by atoms with Crippen molar-refractivity contribution in [3.8, 4) is 16.4 Å². The van der Waals surface area contributed by atoms with Crippen LogP contribution in [-0.2, 0) is 15.7 Å². The van der Waals surface area contributed by atoms with Gasteiger partial charge in [-0.2, -0.15) is 18.2 Å². The van der Waals surface area contributed by atoms with Gasteiger partial charge in [0.1, 0.15) is 0 Å². The average Bonchev–Trinajstić information content (AvgIpc) is 3.42. The SMILES string of the molecule is CCN(CC)C(=O)COC(=O)c1nc(-c2cccs2)n(-c2cccc(C(F)(F)F)c2)n1. The maximum absolute atomic E-state index is 13.1. The lowest BCUT2D eigenvalue weighted by Gasteiger charge is -2.17. The van der Waals surface area contributed by atoms with E-state index < -0.39 is 24.3 Å². The van der Waals surface area contributed by atoms with Gasteiger partial charge in [-0.25, -0.2) is 9.48 Å². The van der Waals surface area contributed by atoms with E-state index in [0.717, 1.165) is 16.8 Å². The van der Waals surface area contributed by atoms with Gasteiger partial charge in [0.05, 0.1) is 16.1 Å². The molecule has 0 bridgehead atoms. The van der Waals surface area contributed by atoms with Crippen molar-refractivity contribution in [1.29, 1.82) is 0 Å². The van der Waals surface area contributed by atoms with Gasteiger partial charge >= 0.3 is 12.1 Å². The van der Waals surface area contributed by atoms with Gasteiger partial charge in [-0.05, 0) is 43.5 Å². The van der Waals surface area contributed by atoms with Crippen molar-refractivity contribution in [3.63, 3.8) is 0 Å². The Hall–Kier alpha value is -3.21. The molecule has 0 saturated heterocycles. The van der Waals surface area contributed by atoms with Crippen LogP contribution in [-0.4, -0.2) is 51.2 Å². The number of amides is 1. The van der Waals surface area contributed by atoms with E-state index in [9.17, 15) is 22.8 Å². The summed E-state index contributed by atoms with van der Waals surface area (Å²) < 4.78 is 45.6. The lowest BCUT2D eigenvalue weighted by molar-refractivity contribution is -0.137. The molecule has 0 saturated carbocycles. The summed E-state index contributed by atoms with van der Waals surface area (Å²) in [7, 11) is 0. The zero-order valence-corrected chi connectivity index (χ0v) is 17.5. The fourth-order valence-electron chi connectivity index (χ4n) is 2.82. The highest BCUT2D eigenvalue weighted by atomic mass is 32.1. The lowest BCUT2D eigenvalue weighted by Crippen LogP contribution is -2.34. The van der Waals surface area contributed by atoms with Crippen molar-refractivity contribution in [2.75, 3.05) is 19.7 Å². The molecule has 11 heteroatoms. The Balaban J connectivity index is 1.93. The van der Waals surface area contributed by atoms with E-state index in [0.29, 0.717) is 18.0 Å². The van der Waals surface area contributed by atoms with Crippen LogP contribution in [0.2, 0.25) is 0 Å². The first-order valence-electron chi connectivity index (χ1n) is 9.38. The summed E-state index contributed by atoms with van der Waals surface area (Å²) in [6.07, 6.45) is -4.54. The van der Waals surface area contributed by atoms with Crippen LogP contribution in [0.3, 0.4) is 0 Å². The van der Waals surface area contributed by atoms with E-state index in [2.05, 4.69) is 10.1 Å². The number of halogens is 3. The standard InChI is InChI=1S/C20H19F3N4O3S/c1-3-26(4-2)16(28)12-30-19(29)17-24-18(15-9-6-10-31-15)27(25-17)14-8-5-7-13(11-14)20(21,22)23/h5-11H,3-4,12H2,1-2H3. The van der Waals surface area contributed by atoms with Crippen molar-refractivity contribution in [2.45, 2.75) is 20.0 Å². The summed E-state index contributed by atoms with van der Waals surface area (Å²) in [5, 5.41) is 5.83. The van der Waals surface area contributed by atoms with Gasteiger partial charge in [-0.15, -0.1) is 16.4 Å². The Kier molecular flexibility index (Phi) is 6.74. The summed E-state index contributed by atoms with van der Waals surface area (Å²) in [5.41, 5.74) is -0.768. The van der Waals surface area contributed by atoms with Crippen molar-refractivity contribution in [3.05, 3.63) is 53.2 Å². The Bertz CT molecular complexity index is 1060. The molecule has 0 spiro atoms. The minimum Gasteiger partial charge on any atom is -0.450 e. The highest BCUT2D eigenvalue weighted by molar-refractivity contribution is 7.13. The van der Waals surface area contributed by atoms with Crippen LogP contribution in [0.4, 0.5) is 13.2 Å². The topological polar surface area (TPSA) is 77.3 Å². The monoisotopic (exact) mass is 452 g/mol. The number of thiophene rings is 1. The molecular weight excluding hydrogens is 433 g/mol. The number of hydrogen-bond acceptors (Lipinski definition) is 6. The molecule has 31 heavy (non-hydrogen) atoms. The second-order valence-electron chi connectivity index (χ2n) is 6.34. The normalized spacial score (nSPS) is 11.4. The maximum atomic E-state index is 13.1. The fraction of sp³-hybridized carbons (Fsp3) is 0.300. The zero-order chi connectivity index (χ0) is 22.6. The summed E-state index contributed by atoms with van der Waals surface area (Å²) >= 11 is 1.29. The van der Waals surface area contributed by atoms with Crippen molar-refractivity contribution in [2.24, 2.45) is 0 Å². The number of carbonyl (C=O) groups excluding carboxylic acids is 2. The first-order chi connectivity index (χ1) is 14.7. The molecule has 164 valence electrons. The predicted octanol–water partition coefficient (Wildman–Crippen LogP) is 4.04. The second-order valence-corrected chi connectivity index (χ2v) is 7.29. The second kappa shape index (κ2) is 9.29. The van der Waals surface area contributed by atoms with E-state index in [-0.39, 0.29) is 23.2 Å². The van der Waals surface area contributed by atoms with Gasteiger partial charge in [0, 0.05) is 13.1 Å². The highest BCUT2D eigenvalue weighted by Crippen LogP contribution is 2.32. The molecule has 2 heterocycles. The van der Waals surface area contributed by atoms with Crippen LogP contribution in [0.25, 0.3) is 16.4 Å². The van der Waals surface area contributed by atoms with Crippen molar-refractivity contribution in [1.82, 2.24) is 19.7 Å². The third-order valence-electron chi connectivity index (χ3n) is 4.39. The zero-order valence-electron chi connectivity index (χ0n) is 16.7. The van der Waals surface area contributed by atoms with Gasteiger partial charge in [0.15, 0.2) is 12.4 Å². The number of aromatic nitrogens is 3. The summed E-state index contributed by atoms with van der Waals surface area (Å²) in [5.74, 6) is -1.47. The Morgan fingerprint density at radius 3 is 2.52 bits per heavy atom. The summed E-state index contributed by atoms with van der Waals surface area (Å²) in [6.45, 7) is 4.06. The van der Waals surface area contributed by atoms with E-state index >= 15 is 0 Å². The molecule has 0 aliphatic heterocycles. The molecule has 0 unspecified atom stereocenters. The van der Waals surface area contributed by atoms with E-state index in [1.165, 1.54) is 28.4 Å². The molecule has 1 aromatic carbocycles. The van der Waals surface area contributed by atoms with Crippen LogP contribution in [0.1, 0.15) is 30.0 Å². The third kappa shape index (κ3) is 5.10. The van der Waals surface area contributed by atoms with Gasteiger partial charge in [-0.3, -0.25) is 4.79 Å². The Morgan fingerprint density at radius 2 is 1.90 bits per heavy atom. The third-order valence-corrected chi connectivity index (χ3v) is 5.26. The van der Waals surface area contributed by atoms with Gasteiger partial charge < -0.3 is 9.64 Å². The van der Waals surface area contributed by atoms with Crippen LogP contribution >= 0.6 is 11.3 Å². The molecule has 0 radical (unpaired) electrons. The fourth-order valence-corrected chi connectivity index (χ4v) is 3.52. The average molecular weight is 452 g/mol. The lowest BCUT2D eigenvalue weighted by atomic mass is 10.2. The molecule has 3 aromatic rings. The molecule has 0 fully saturated rings. The molecule has 0 atom stereocenters. The molecular formula is C20H19F3N4O3S. The minimum absolute atomic E-state index is 0.0870. The van der Waals surface area contributed by atoms with Gasteiger partial charge in [0.25, 0.3) is 11.7 Å². The molecule has 0 N–H and O–H groups in total. The van der Waals surface area contributed by atoms with Crippen LogP contribution in [0.5, 0.6) is 0 Å². The van der Waals surface area contributed by atoms with E-state index in [1.54, 1.807) is 31.4 Å². The van der Waals surface area contributed by atoms with Gasteiger partial charge in [0.2, 0.25) is 0 Å². The summed E-state index contributed by atoms with van der Waals surface area (Å²) in [4.78, 5) is 30.7. The maximum Gasteiger partial charge on any atom is 0.416 e. The number of likely N-dealkylation sites (N-methyl/N-ethyl adjacent to an activating group) is 1. The molecule has 7 nitrogen and oxygen atoms in total. The molecule has 2 aromatic heterocycles. The quantitative estimate of drug-likeness (QED) is 0.506. The smallest absolute Gasteiger partial charge is 0.416 e. The first-order valence-corrected chi connectivity index (χ1v) is 10.3. The highest BCUT2D eigenvalue weighted by Gasteiger charge is 2.31. The Morgan fingerprint density at radius 1 is 1.16 bits per heavy atom. The number of ether oxygens (including phenoxy) is 1. The van der Waals surface area contributed by atoms with Crippen molar-refractivity contribution < 1.29 is 27.5 Å². The number of rotatable bonds is 7. The van der Waals surface area contributed by atoms with Crippen molar-refractivity contribution >= 4 is 23.2 Å².